The third-order valence-corrected chi connectivity index (χ3v) is 11.9. The van der Waals surface area contributed by atoms with E-state index in [4.69, 9.17) is 0 Å². The summed E-state index contributed by atoms with van der Waals surface area (Å²) in [6.07, 6.45) is 0. The molecule has 0 bridgehead atoms. The molecule has 0 aliphatic heterocycles. The Labute approximate surface area is 224 Å². The number of nitrogens with zero attached hydrogens (tertiary/aromatic N) is 1. The topological polar surface area (TPSA) is 71.5 Å². The van der Waals surface area contributed by atoms with Crippen molar-refractivity contribution < 1.29 is 16.8 Å². The van der Waals surface area contributed by atoms with E-state index in [0.29, 0.717) is 9.10 Å². The van der Waals surface area contributed by atoms with Crippen molar-refractivity contribution >= 4 is 79.6 Å². The van der Waals surface area contributed by atoms with Gasteiger partial charge in [-0.25, -0.2) is 16.8 Å². The highest BCUT2D eigenvalue weighted by Crippen LogP contribution is 2.51. The highest BCUT2D eigenvalue weighted by molar-refractivity contribution is 8.10. The molecule has 0 radical (unpaired) electrons. The van der Waals surface area contributed by atoms with Crippen LogP contribution in [0.15, 0.2) is 125 Å². The minimum atomic E-state index is -4.53. The predicted octanol–water partition coefficient (Wildman–Crippen LogP) is 7.35. The van der Waals surface area contributed by atoms with Gasteiger partial charge in [-0.15, -0.1) is 0 Å². The molecule has 0 heterocycles. The first kappa shape index (κ1) is 22.5. The smallest absolute Gasteiger partial charge is 0.200 e. The predicted molar refractivity (Wildman–Crippen MR) is 157 cm³/mol. The van der Waals surface area contributed by atoms with Crippen molar-refractivity contribution in [1.82, 2.24) is 0 Å². The highest BCUT2D eigenvalue weighted by Gasteiger charge is 2.38. The van der Waals surface area contributed by atoms with Crippen molar-refractivity contribution in [2.75, 3.05) is 3.71 Å². The van der Waals surface area contributed by atoms with Crippen LogP contribution in [-0.4, -0.2) is 16.8 Å². The van der Waals surface area contributed by atoms with Gasteiger partial charge >= 0.3 is 0 Å². The molecule has 0 atom stereocenters. The molecule has 8 aromatic carbocycles. The zero-order valence-electron chi connectivity index (χ0n) is 20.4. The maximum Gasteiger partial charge on any atom is 0.277 e. The zero-order chi connectivity index (χ0) is 26.5. The molecule has 0 amide bonds. The normalized spacial score (nSPS) is 13.0. The molecule has 8 rings (SSSR count). The Morgan fingerprint density at radius 1 is 0.410 bits per heavy atom. The molecular formula is C32H19NO4S2. The summed E-state index contributed by atoms with van der Waals surface area (Å²) in [6, 6.07) is 33.2. The van der Waals surface area contributed by atoms with Gasteiger partial charge in [0.1, 0.15) is 0 Å². The number of hydrogen-bond acceptors (Lipinski definition) is 4. The van der Waals surface area contributed by atoms with Gasteiger partial charge in [-0.2, -0.15) is 3.71 Å². The Balaban J connectivity index is 1.57. The second kappa shape index (κ2) is 7.56. The number of benzene rings is 7. The monoisotopic (exact) mass is 545 g/mol. The van der Waals surface area contributed by atoms with Crippen molar-refractivity contribution in [2.45, 2.75) is 9.79 Å². The van der Waals surface area contributed by atoms with Gasteiger partial charge in [0, 0.05) is 10.8 Å². The molecule has 39 heavy (non-hydrogen) atoms. The fourth-order valence-corrected chi connectivity index (χ4v) is 9.82. The van der Waals surface area contributed by atoms with Crippen LogP contribution in [0.2, 0.25) is 0 Å². The summed E-state index contributed by atoms with van der Waals surface area (Å²) in [5.41, 5.74) is 0.108. The Hall–Kier alpha value is -4.46. The molecule has 0 spiro atoms. The van der Waals surface area contributed by atoms with Crippen LogP contribution in [0.3, 0.4) is 0 Å². The van der Waals surface area contributed by atoms with Crippen LogP contribution in [0.1, 0.15) is 0 Å². The first-order valence-corrected chi connectivity index (χ1v) is 15.3. The largest absolute Gasteiger partial charge is 0.277 e. The molecule has 0 unspecified atom stereocenters. The first-order chi connectivity index (χ1) is 18.9. The molecule has 0 aliphatic carbocycles. The molecule has 0 saturated carbocycles. The summed E-state index contributed by atoms with van der Waals surface area (Å²) >= 11 is 0. The average Bonchev–Trinajstić information content (AvgIpc) is 3.33. The van der Waals surface area contributed by atoms with E-state index in [1.165, 1.54) is 24.3 Å². The average molecular weight is 546 g/mol. The quantitative estimate of drug-likeness (QED) is 0.212. The lowest BCUT2D eigenvalue weighted by molar-refractivity contribution is 0.584. The number of rotatable bonds is 5. The summed E-state index contributed by atoms with van der Waals surface area (Å²) in [4.78, 5) is -0.205. The van der Waals surface area contributed by atoms with Crippen LogP contribution >= 0.6 is 0 Å². The summed E-state index contributed by atoms with van der Waals surface area (Å²) in [5, 5.41) is 9.76. The van der Waals surface area contributed by atoms with Crippen molar-refractivity contribution in [3.8, 4) is 0 Å². The third-order valence-electron chi connectivity index (χ3n) is 7.71. The lowest BCUT2D eigenvalue weighted by Crippen LogP contribution is -2.37. The van der Waals surface area contributed by atoms with Gasteiger partial charge in [-0.1, -0.05) is 84.9 Å². The minimum absolute atomic E-state index is 0.102. The van der Waals surface area contributed by atoms with Gasteiger partial charge in [-0.05, 0) is 73.4 Å². The van der Waals surface area contributed by atoms with Crippen molar-refractivity contribution in [3.05, 3.63) is 115 Å². The van der Waals surface area contributed by atoms with Crippen LogP contribution in [0, 0.1) is 0 Å². The highest BCUT2D eigenvalue weighted by atomic mass is 32.3. The summed E-state index contributed by atoms with van der Waals surface area (Å²) in [6.45, 7) is 0. The van der Waals surface area contributed by atoms with Crippen molar-refractivity contribution in [1.29, 1.82) is 0 Å². The minimum Gasteiger partial charge on any atom is -0.200 e. The zero-order valence-corrected chi connectivity index (χ0v) is 22.0. The molecule has 0 aromatic heterocycles. The van der Waals surface area contributed by atoms with E-state index >= 15 is 0 Å². The third kappa shape index (κ3) is 2.89. The number of sulfonamides is 2. The second-order valence-electron chi connectivity index (χ2n) is 9.81. The van der Waals surface area contributed by atoms with E-state index in [-0.39, 0.29) is 15.5 Å². The van der Waals surface area contributed by atoms with Gasteiger partial charge < -0.3 is 0 Å². The fourth-order valence-electron chi connectivity index (χ4n) is 6.07. The molecular weight excluding hydrogens is 526 g/mol. The van der Waals surface area contributed by atoms with Gasteiger partial charge in [0.05, 0.1) is 15.5 Å². The summed E-state index contributed by atoms with van der Waals surface area (Å²) < 4.78 is 57.7. The number of hydrogen-bond donors (Lipinski definition) is 0. The lowest BCUT2D eigenvalue weighted by Gasteiger charge is -2.26. The Bertz CT molecular complexity index is 2290. The van der Waals surface area contributed by atoms with Crippen molar-refractivity contribution in [2.24, 2.45) is 0 Å². The number of anilines is 1. The van der Waals surface area contributed by atoms with E-state index in [1.54, 1.807) is 42.5 Å². The maximum absolute atomic E-state index is 14.3. The summed E-state index contributed by atoms with van der Waals surface area (Å²) in [7, 11) is -9.06. The first-order valence-electron chi connectivity index (χ1n) is 12.5. The molecule has 188 valence electrons. The molecule has 5 nitrogen and oxygen atoms in total. The molecule has 0 N–H and O–H groups in total. The van der Waals surface area contributed by atoms with Crippen LogP contribution in [0.25, 0.3) is 53.9 Å². The van der Waals surface area contributed by atoms with E-state index < -0.39 is 20.0 Å². The van der Waals surface area contributed by atoms with Gasteiger partial charge in [-0.3, -0.25) is 0 Å². The van der Waals surface area contributed by atoms with Crippen LogP contribution in [-0.2, 0) is 20.0 Å². The maximum atomic E-state index is 14.3. The van der Waals surface area contributed by atoms with Crippen LogP contribution < -0.4 is 3.71 Å². The van der Waals surface area contributed by atoms with E-state index in [1.807, 2.05) is 24.3 Å². The Kier molecular flexibility index (Phi) is 4.36. The SMILES string of the molecule is O=S(=O)(c1ccccc1)N(c1cc2ccc3ccc4ccc5ccc1c1c5c4c3c21)S(=O)(=O)c1ccccc1. The van der Waals surface area contributed by atoms with Gasteiger partial charge in [0.15, 0.2) is 0 Å². The molecule has 7 heteroatoms. The fraction of sp³-hybridized carbons (Fsp3) is 0. The Morgan fingerprint density at radius 2 is 0.795 bits per heavy atom. The standard InChI is InChI=1S/C32H19NO4S2/c34-38(35,24-7-3-1-4-8-24)33(39(36,37)25-9-5-2-6-10-25)27-19-23-16-15-21-12-11-20-13-14-22-17-18-26(27)32-30(22)28(20)29(21)31(23)32/h1-19H. The van der Waals surface area contributed by atoms with E-state index in [9.17, 15) is 16.8 Å². The Morgan fingerprint density at radius 3 is 1.28 bits per heavy atom. The van der Waals surface area contributed by atoms with E-state index in [0.717, 1.165) is 48.5 Å². The van der Waals surface area contributed by atoms with Gasteiger partial charge in [0.2, 0.25) is 0 Å². The second-order valence-corrected chi connectivity index (χ2v) is 13.6. The van der Waals surface area contributed by atoms with Crippen molar-refractivity contribution in [3.63, 3.8) is 0 Å². The molecule has 0 aliphatic rings. The van der Waals surface area contributed by atoms with E-state index in [2.05, 4.69) is 24.3 Å². The lowest BCUT2D eigenvalue weighted by atomic mass is 9.98. The molecule has 0 saturated heterocycles. The van der Waals surface area contributed by atoms with Crippen LogP contribution in [0.5, 0.6) is 0 Å². The molecule has 0 fully saturated rings. The van der Waals surface area contributed by atoms with Gasteiger partial charge in [0.25, 0.3) is 20.0 Å². The molecule has 8 aromatic rings. The van der Waals surface area contributed by atoms with Crippen LogP contribution in [0.4, 0.5) is 5.69 Å². The summed E-state index contributed by atoms with van der Waals surface area (Å²) in [5.74, 6) is 0.